The predicted molar refractivity (Wildman–Crippen MR) is 88.8 cm³/mol. The van der Waals surface area contributed by atoms with E-state index in [-0.39, 0.29) is 16.4 Å². The smallest absolute Gasteiger partial charge is 0.154 e. The Hall–Kier alpha value is -0.550. The molecule has 0 saturated heterocycles. The summed E-state index contributed by atoms with van der Waals surface area (Å²) in [5.74, 6) is 0.126. The van der Waals surface area contributed by atoms with Crippen molar-refractivity contribution >= 4 is 21.4 Å². The van der Waals surface area contributed by atoms with Gasteiger partial charge in [0.25, 0.3) is 0 Å². The SMILES string of the molecule is CCc1nn(CCS(=O)(=O)C(C)C)c(CC)c1C(Cl)CC. The highest BCUT2D eigenvalue weighted by Gasteiger charge is 2.22. The molecule has 0 bridgehead atoms. The highest BCUT2D eigenvalue weighted by Crippen LogP contribution is 2.31. The number of hydrogen-bond donors (Lipinski definition) is 0. The van der Waals surface area contributed by atoms with Crippen molar-refractivity contribution in [1.82, 2.24) is 9.78 Å². The van der Waals surface area contributed by atoms with Gasteiger partial charge in [-0.1, -0.05) is 20.8 Å². The average molecular weight is 335 g/mol. The Kier molecular flexibility index (Phi) is 6.72. The molecule has 0 saturated carbocycles. The summed E-state index contributed by atoms with van der Waals surface area (Å²) < 4.78 is 25.8. The summed E-state index contributed by atoms with van der Waals surface area (Å²) in [5, 5.41) is 4.20. The molecular formula is C15H27ClN2O2S. The van der Waals surface area contributed by atoms with Gasteiger partial charge in [0.15, 0.2) is 9.84 Å². The minimum atomic E-state index is -3.05. The van der Waals surface area contributed by atoms with Crippen LogP contribution in [-0.4, -0.2) is 29.2 Å². The van der Waals surface area contributed by atoms with Gasteiger partial charge in [-0.2, -0.15) is 5.10 Å². The highest BCUT2D eigenvalue weighted by atomic mass is 35.5. The molecule has 1 atom stereocenters. The van der Waals surface area contributed by atoms with Crippen LogP contribution in [0.2, 0.25) is 0 Å². The van der Waals surface area contributed by atoms with Crippen LogP contribution in [0.4, 0.5) is 0 Å². The van der Waals surface area contributed by atoms with E-state index in [4.69, 9.17) is 11.6 Å². The average Bonchev–Trinajstić information content (AvgIpc) is 2.81. The monoisotopic (exact) mass is 334 g/mol. The first-order valence-corrected chi connectivity index (χ1v) is 9.87. The Bertz CT molecular complexity index is 564. The van der Waals surface area contributed by atoms with Crippen molar-refractivity contribution in [2.24, 2.45) is 0 Å². The molecule has 0 spiro atoms. The van der Waals surface area contributed by atoms with Crippen LogP contribution in [0.3, 0.4) is 0 Å². The van der Waals surface area contributed by atoms with E-state index in [9.17, 15) is 8.42 Å². The first kappa shape index (κ1) is 18.5. The van der Waals surface area contributed by atoms with Crippen molar-refractivity contribution in [3.63, 3.8) is 0 Å². The van der Waals surface area contributed by atoms with E-state index >= 15 is 0 Å². The van der Waals surface area contributed by atoms with Gasteiger partial charge in [-0.3, -0.25) is 4.68 Å². The van der Waals surface area contributed by atoms with Gasteiger partial charge >= 0.3 is 0 Å². The lowest BCUT2D eigenvalue weighted by Crippen LogP contribution is -2.22. The van der Waals surface area contributed by atoms with Crippen molar-refractivity contribution in [2.45, 2.75) is 71.1 Å². The van der Waals surface area contributed by atoms with Crippen LogP contribution in [0.25, 0.3) is 0 Å². The molecule has 1 rings (SSSR count). The number of aromatic nitrogens is 2. The molecule has 0 fully saturated rings. The largest absolute Gasteiger partial charge is 0.268 e. The molecule has 0 N–H and O–H groups in total. The van der Waals surface area contributed by atoms with Crippen molar-refractivity contribution in [2.75, 3.05) is 5.75 Å². The highest BCUT2D eigenvalue weighted by molar-refractivity contribution is 7.91. The number of rotatable bonds is 8. The third-order valence-corrected chi connectivity index (χ3v) is 6.54. The van der Waals surface area contributed by atoms with Crippen LogP contribution in [0, 0.1) is 0 Å². The number of hydrogen-bond acceptors (Lipinski definition) is 3. The summed E-state index contributed by atoms with van der Waals surface area (Å²) in [6, 6.07) is 0. The fourth-order valence-electron chi connectivity index (χ4n) is 2.40. The maximum Gasteiger partial charge on any atom is 0.154 e. The normalized spacial score (nSPS) is 13.9. The minimum Gasteiger partial charge on any atom is -0.268 e. The van der Waals surface area contributed by atoms with E-state index < -0.39 is 9.84 Å². The van der Waals surface area contributed by atoms with E-state index in [1.807, 2.05) is 4.68 Å². The number of aryl methyl sites for hydroxylation is 2. The van der Waals surface area contributed by atoms with Crippen LogP contribution < -0.4 is 0 Å². The molecule has 6 heteroatoms. The number of nitrogens with zero attached hydrogens (tertiary/aromatic N) is 2. The van der Waals surface area contributed by atoms with E-state index in [0.29, 0.717) is 6.54 Å². The van der Waals surface area contributed by atoms with E-state index in [2.05, 4.69) is 25.9 Å². The van der Waals surface area contributed by atoms with Crippen molar-refractivity contribution in [3.8, 4) is 0 Å². The fourth-order valence-corrected chi connectivity index (χ4v) is 3.55. The summed E-state index contributed by atoms with van der Waals surface area (Å²) in [4.78, 5) is 0. The Morgan fingerprint density at radius 1 is 1.19 bits per heavy atom. The molecule has 1 aromatic rings. The van der Waals surface area contributed by atoms with Gasteiger partial charge < -0.3 is 0 Å². The van der Waals surface area contributed by atoms with Gasteiger partial charge in [-0.15, -0.1) is 11.6 Å². The van der Waals surface area contributed by atoms with Crippen LogP contribution in [-0.2, 0) is 29.2 Å². The molecular weight excluding hydrogens is 308 g/mol. The lowest BCUT2D eigenvalue weighted by molar-refractivity contribution is 0.565. The fraction of sp³-hybridized carbons (Fsp3) is 0.800. The summed E-state index contributed by atoms with van der Waals surface area (Å²) in [5.41, 5.74) is 3.18. The number of halogens is 1. The van der Waals surface area contributed by atoms with Crippen LogP contribution in [0.5, 0.6) is 0 Å². The second-order valence-electron chi connectivity index (χ2n) is 5.53. The Balaban J connectivity index is 3.11. The molecule has 0 aromatic carbocycles. The Morgan fingerprint density at radius 3 is 2.24 bits per heavy atom. The Labute approximate surface area is 133 Å². The van der Waals surface area contributed by atoms with E-state index in [1.54, 1.807) is 13.8 Å². The zero-order valence-electron chi connectivity index (χ0n) is 13.7. The summed E-state index contributed by atoms with van der Waals surface area (Å²) in [6.45, 7) is 10.0. The van der Waals surface area contributed by atoms with Crippen LogP contribution in [0.1, 0.15) is 63.4 Å². The lowest BCUT2D eigenvalue weighted by atomic mass is 10.0. The second-order valence-corrected chi connectivity index (χ2v) is 8.73. The molecule has 1 unspecified atom stereocenters. The first-order valence-electron chi connectivity index (χ1n) is 7.72. The molecule has 122 valence electrons. The summed E-state index contributed by atoms with van der Waals surface area (Å²) >= 11 is 6.44. The van der Waals surface area contributed by atoms with Crippen molar-refractivity contribution in [3.05, 3.63) is 17.0 Å². The lowest BCUT2D eigenvalue weighted by Gasteiger charge is -2.12. The van der Waals surface area contributed by atoms with E-state index in [1.165, 1.54) is 0 Å². The first-order chi connectivity index (χ1) is 9.78. The molecule has 0 aliphatic carbocycles. The van der Waals surface area contributed by atoms with Crippen molar-refractivity contribution < 1.29 is 8.42 Å². The molecule has 1 aromatic heterocycles. The zero-order valence-corrected chi connectivity index (χ0v) is 15.3. The van der Waals surface area contributed by atoms with Crippen LogP contribution >= 0.6 is 11.6 Å². The Morgan fingerprint density at radius 2 is 1.81 bits per heavy atom. The van der Waals surface area contributed by atoms with Crippen LogP contribution in [0.15, 0.2) is 0 Å². The molecule has 0 aliphatic rings. The van der Waals surface area contributed by atoms with Gasteiger partial charge in [-0.25, -0.2) is 8.42 Å². The third-order valence-electron chi connectivity index (χ3n) is 3.82. The maximum atomic E-state index is 12.0. The summed E-state index contributed by atoms with van der Waals surface area (Å²) in [6.07, 6.45) is 2.47. The molecule has 1 heterocycles. The number of sulfone groups is 1. The van der Waals surface area contributed by atoms with Crippen molar-refractivity contribution in [1.29, 1.82) is 0 Å². The minimum absolute atomic E-state index is 0.0506. The number of alkyl halides is 1. The van der Waals surface area contributed by atoms with Gasteiger partial charge in [-0.05, 0) is 33.1 Å². The quantitative estimate of drug-likeness (QED) is 0.683. The van der Waals surface area contributed by atoms with Gasteiger partial charge in [0.1, 0.15) is 0 Å². The third kappa shape index (κ3) is 4.22. The standard InChI is InChI=1S/C15H27ClN2O2S/c1-6-12(16)15-13(7-2)17-18(14(15)8-3)9-10-21(19,20)11(4)5/h11-12H,6-10H2,1-5H3. The molecule has 0 amide bonds. The topological polar surface area (TPSA) is 52.0 Å². The van der Waals surface area contributed by atoms with Gasteiger partial charge in [0, 0.05) is 11.3 Å². The van der Waals surface area contributed by atoms with E-state index in [0.717, 1.165) is 36.2 Å². The zero-order chi connectivity index (χ0) is 16.2. The van der Waals surface area contributed by atoms with Gasteiger partial charge in [0.05, 0.1) is 28.6 Å². The summed E-state index contributed by atoms with van der Waals surface area (Å²) in [7, 11) is -3.05. The molecule has 4 nitrogen and oxygen atoms in total. The second kappa shape index (κ2) is 7.63. The molecule has 21 heavy (non-hydrogen) atoms. The maximum absolute atomic E-state index is 12.0. The predicted octanol–water partition coefficient (Wildman–Crippen LogP) is 3.52. The van der Waals surface area contributed by atoms with Gasteiger partial charge in [0.2, 0.25) is 0 Å². The molecule has 0 radical (unpaired) electrons. The molecule has 0 aliphatic heterocycles.